The molecule has 0 saturated heterocycles. The molecular weight excluding hydrogens is 154 g/mol. The molecule has 2 heteroatoms. The highest BCUT2D eigenvalue weighted by atomic mass is 32.1. The van der Waals surface area contributed by atoms with E-state index in [1.165, 1.54) is 15.0 Å². The zero-order valence-corrected chi connectivity index (χ0v) is 7.11. The maximum Gasteiger partial charge on any atom is 0.0575 e. The smallest absolute Gasteiger partial charge is 0.0575 e. The molecule has 11 heavy (non-hydrogen) atoms. The first-order chi connectivity index (χ1) is 5.27. The molecule has 0 amide bonds. The average Bonchev–Trinajstić information content (AvgIpc) is 2.31. The first-order valence-corrected chi connectivity index (χ1v) is 4.33. The summed E-state index contributed by atoms with van der Waals surface area (Å²) in [5.74, 6) is 0. The Hall–Kier alpha value is -1.02. The Kier molecular flexibility index (Phi) is 1.36. The van der Waals surface area contributed by atoms with Crippen LogP contribution < -0.4 is 5.73 Å². The highest BCUT2D eigenvalue weighted by molar-refractivity contribution is 7.19. The molecule has 1 aromatic carbocycles. The summed E-state index contributed by atoms with van der Waals surface area (Å²) < 4.78 is 1.21. The number of nitrogens with two attached hydrogens (primary N) is 1. The first-order valence-electron chi connectivity index (χ1n) is 3.52. The van der Waals surface area contributed by atoms with Crippen molar-refractivity contribution >= 4 is 27.1 Å². The number of benzene rings is 1. The minimum atomic E-state index is 0.889. The number of thiophene rings is 1. The van der Waals surface area contributed by atoms with E-state index in [1.54, 1.807) is 11.3 Å². The van der Waals surface area contributed by atoms with Gasteiger partial charge in [0, 0.05) is 10.6 Å². The van der Waals surface area contributed by atoms with Crippen LogP contribution in [0.15, 0.2) is 24.3 Å². The van der Waals surface area contributed by atoms with Gasteiger partial charge in [-0.1, -0.05) is 12.1 Å². The minimum absolute atomic E-state index is 0.889. The molecule has 1 nitrogen and oxygen atoms in total. The van der Waals surface area contributed by atoms with E-state index in [1.807, 2.05) is 12.1 Å². The molecule has 0 aliphatic rings. The van der Waals surface area contributed by atoms with Gasteiger partial charge in [0.1, 0.15) is 0 Å². The SMILES string of the molecule is Cc1cc2cccc(N)c2s1. The summed E-state index contributed by atoms with van der Waals surface area (Å²) in [5.41, 5.74) is 6.67. The van der Waals surface area contributed by atoms with Crippen molar-refractivity contribution in [1.82, 2.24) is 0 Å². The number of nitrogen functional groups attached to an aromatic ring is 1. The normalized spacial score (nSPS) is 10.6. The standard InChI is InChI=1S/C9H9NS/c1-6-5-7-3-2-4-8(10)9(7)11-6/h2-5H,10H2,1H3. The van der Waals surface area contributed by atoms with Crippen LogP contribution in [-0.4, -0.2) is 0 Å². The lowest BCUT2D eigenvalue weighted by atomic mass is 10.2. The van der Waals surface area contributed by atoms with Crippen LogP contribution in [0.2, 0.25) is 0 Å². The van der Waals surface area contributed by atoms with Gasteiger partial charge in [-0.25, -0.2) is 0 Å². The van der Waals surface area contributed by atoms with Crippen LogP contribution >= 0.6 is 11.3 Å². The third kappa shape index (κ3) is 0.994. The summed E-state index contributed by atoms with van der Waals surface area (Å²) in [6, 6.07) is 8.19. The van der Waals surface area contributed by atoms with Crippen LogP contribution in [0, 0.1) is 6.92 Å². The van der Waals surface area contributed by atoms with E-state index in [-0.39, 0.29) is 0 Å². The van der Waals surface area contributed by atoms with Gasteiger partial charge in [-0.15, -0.1) is 11.3 Å². The van der Waals surface area contributed by atoms with Gasteiger partial charge in [-0.3, -0.25) is 0 Å². The predicted octanol–water partition coefficient (Wildman–Crippen LogP) is 2.79. The molecule has 2 rings (SSSR count). The second-order valence-corrected chi connectivity index (χ2v) is 3.88. The average molecular weight is 163 g/mol. The molecule has 2 N–H and O–H groups in total. The first kappa shape index (κ1) is 6.68. The van der Waals surface area contributed by atoms with Crippen LogP contribution in [0.25, 0.3) is 10.1 Å². The Bertz CT molecular complexity index is 389. The molecule has 0 radical (unpaired) electrons. The van der Waals surface area contributed by atoms with E-state index < -0.39 is 0 Å². The van der Waals surface area contributed by atoms with Crippen LogP contribution in [-0.2, 0) is 0 Å². The fourth-order valence-electron chi connectivity index (χ4n) is 1.21. The van der Waals surface area contributed by atoms with Crippen molar-refractivity contribution in [1.29, 1.82) is 0 Å². The van der Waals surface area contributed by atoms with Crippen molar-refractivity contribution in [3.8, 4) is 0 Å². The molecule has 0 bridgehead atoms. The van der Waals surface area contributed by atoms with Gasteiger partial charge in [0.2, 0.25) is 0 Å². The second-order valence-electron chi connectivity index (χ2n) is 2.62. The van der Waals surface area contributed by atoms with Gasteiger partial charge >= 0.3 is 0 Å². The Morgan fingerprint density at radius 2 is 2.18 bits per heavy atom. The Morgan fingerprint density at radius 3 is 2.91 bits per heavy atom. The van der Waals surface area contributed by atoms with Crippen molar-refractivity contribution in [2.45, 2.75) is 6.92 Å². The van der Waals surface area contributed by atoms with Crippen molar-refractivity contribution in [2.75, 3.05) is 5.73 Å². The monoisotopic (exact) mass is 163 g/mol. The molecule has 56 valence electrons. The number of hydrogen-bond acceptors (Lipinski definition) is 2. The molecule has 1 heterocycles. The maximum absolute atomic E-state index is 5.78. The van der Waals surface area contributed by atoms with Crippen LogP contribution in [0.3, 0.4) is 0 Å². The van der Waals surface area contributed by atoms with E-state index in [0.29, 0.717) is 0 Å². The Morgan fingerprint density at radius 1 is 1.36 bits per heavy atom. The molecule has 0 spiro atoms. The molecule has 0 unspecified atom stereocenters. The number of hydrogen-bond donors (Lipinski definition) is 1. The van der Waals surface area contributed by atoms with Gasteiger partial charge in [0.05, 0.1) is 4.70 Å². The second kappa shape index (κ2) is 2.24. The summed E-state index contributed by atoms with van der Waals surface area (Å²) in [7, 11) is 0. The van der Waals surface area contributed by atoms with E-state index in [4.69, 9.17) is 5.73 Å². The zero-order chi connectivity index (χ0) is 7.84. The molecule has 0 fully saturated rings. The van der Waals surface area contributed by atoms with Gasteiger partial charge in [0.15, 0.2) is 0 Å². The number of fused-ring (bicyclic) bond motifs is 1. The van der Waals surface area contributed by atoms with E-state index in [0.717, 1.165) is 5.69 Å². The molecule has 1 aromatic heterocycles. The molecule has 0 atom stereocenters. The fraction of sp³-hybridized carbons (Fsp3) is 0.111. The van der Waals surface area contributed by atoms with Gasteiger partial charge in [-0.2, -0.15) is 0 Å². The zero-order valence-electron chi connectivity index (χ0n) is 6.29. The van der Waals surface area contributed by atoms with Crippen LogP contribution in [0.1, 0.15) is 4.88 Å². The predicted molar refractivity (Wildman–Crippen MR) is 51.0 cm³/mol. The van der Waals surface area contributed by atoms with Crippen molar-refractivity contribution in [3.63, 3.8) is 0 Å². The molecule has 2 aromatic rings. The molecule has 0 aliphatic carbocycles. The quantitative estimate of drug-likeness (QED) is 0.594. The molecule has 0 aliphatic heterocycles. The number of anilines is 1. The fourth-order valence-corrected chi connectivity index (χ4v) is 2.15. The van der Waals surface area contributed by atoms with E-state index >= 15 is 0 Å². The summed E-state index contributed by atoms with van der Waals surface area (Å²) in [6.45, 7) is 2.10. The largest absolute Gasteiger partial charge is 0.398 e. The lowest BCUT2D eigenvalue weighted by Crippen LogP contribution is -1.81. The Balaban J connectivity index is 2.90. The summed E-state index contributed by atoms with van der Waals surface area (Å²) in [6.07, 6.45) is 0. The summed E-state index contributed by atoms with van der Waals surface area (Å²) in [5, 5.41) is 1.26. The third-order valence-corrected chi connectivity index (χ3v) is 2.81. The third-order valence-electron chi connectivity index (χ3n) is 1.70. The highest BCUT2D eigenvalue weighted by Crippen LogP contribution is 2.29. The maximum atomic E-state index is 5.78. The topological polar surface area (TPSA) is 26.0 Å². The van der Waals surface area contributed by atoms with Crippen LogP contribution in [0.4, 0.5) is 5.69 Å². The Labute approximate surface area is 69.5 Å². The van der Waals surface area contributed by atoms with Crippen molar-refractivity contribution in [3.05, 3.63) is 29.1 Å². The lowest BCUT2D eigenvalue weighted by Gasteiger charge is -1.91. The van der Waals surface area contributed by atoms with Gasteiger partial charge in [0.25, 0.3) is 0 Å². The highest BCUT2D eigenvalue weighted by Gasteiger charge is 1.99. The summed E-state index contributed by atoms with van der Waals surface area (Å²) >= 11 is 1.75. The van der Waals surface area contributed by atoms with E-state index in [9.17, 15) is 0 Å². The van der Waals surface area contributed by atoms with Crippen molar-refractivity contribution < 1.29 is 0 Å². The van der Waals surface area contributed by atoms with Gasteiger partial charge < -0.3 is 5.73 Å². The molecular formula is C9H9NS. The number of rotatable bonds is 0. The summed E-state index contributed by atoms with van der Waals surface area (Å²) in [4.78, 5) is 1.32. The number of aryl methyl sites for hydroxylation is 1. The van der Waals surface area contributed by atoms with Crippen LogP contribution in [0.5, 0.6) is 0 Å². The van der Waals surface area contributed by atoms with E-state index in [2.05, 4.69) is 19.1 Å². The lowest BCUT2D eigenvalue weighted by molar-refractivity contribution is 1.65. The van der Waals surface area contributed by atoms with Crippen molar-refractivity contribution in [2.24, 2.45) is 0 Å². The van der Waals surface area contributed by atoms with Gasteiger partial charge in [-0.05, 0) is 24.4 Å². The molecule has 0 saturated carbocycles. The minimum Gasteiger partial charge on any atom is -0.398 e.